The second kappa shape index (κ2) is 6.58. The first-order chi connectivity index (χ1) is 15.0. The van der Waals surface area contributed by atoms with E-state index in [4.69, 9.17) is 16.0 Å². The third-order valence-corrected chi connectivity index (χ3v) is 5.69. The molecule has 1 aromatic carbocycles. The average Bonchev–Trinajstić information content (AvgIpc) is 3.39. The first kappa shape index (κ1) is 18.0. The van der Waals surface area contributed by atoms with Crippen LogP contribution in [0.3, 0.4) is 0 Å². The van der Waals surface area contributed by atoms with Gasteiger partial charge in [-0.2, -0.15) is 0 Å². The van der Waals surface area contributed by atoms with Crippen LogP contribution in [0, 0.1) is 6.92 Å². The van der Waals surface area contributed by atoms with E-state index in [9.17, 15) is 4.79 Å². The van der Waals surface area contributed by atoms with Crippen molar-refractivity contribution in [1.29, 1.82) is 0 Å². The fourth-order valence-electron chi connectivity index (χ4n) is 3.97. The minimum atomic E-state index is -0.437. The maximum absolute atomic E-state index is 12.8. The van der Waals surface area contributed by atoms with Gasteiger partial charge in [0.2, 0.25) is 0 Å². The lowest BCUT2D eigenvalue weighted by molar-refractivity contribution is 0.563. The Morgan fingerprint density at radius 2 is 2.00 bits per heavy atom. The van der Waals surface area contributed by atoms with E-state index < -0.39 is 5.63 Å². The highest BCUT2D eigenvalue weighted by Gasteiger charge is 2.16. The molecule has 6 rings (SSSR count). The summed E-state index contributed by atoms with van der Waals surface area (Å²) in [4.78, 5) is 23.7. The maximum atomic E-state index is 12.8. The minimum Gasteiger partial charge on any atom is -0.422 e. The van der Waals surface area contributed by atoms with Gasteiger partial charge in [0.1, 0.15) is 10.7 Å². The topological polar surface area (TPSA) is 68.6 Å². The summed E-state index contributed by atoms with van der Waals surface area (Å²) in [5, 5.41) is 1.19. The van der Waals surface area contributed by atoms with E-state index in [2.05, 4.69) is 25.5 Å². The maximum Gasteiger partial charge on any atom is 0.345 e. The van der Waals surface area contributed by atoms with Crippen LogP contribution >= 0.6 is 11.6 Å². The van der Waals surface area contributed by atoms with E-state index in [1.807, 2.05) is 55.9 Å². The molecular weight excluding hydrogens is 414 g/mol. The van der Waals surface area contributed by atoms with Crippen LogP contribution in [-0.2, 0) is 6.54 Å². The number of halogens is 1. The van der Waals surface area contributed by atoms with Gasteiger partial charge in [0.15, 0.2) is 5.65 Å². The predicted molar refractivity (Wildman–Crippen MR) is 120 cm³/mol. The Balaban J connectivity index is 1.41. The standard InChI is InChI=1S/C23H16ClN5O2/c1-14-22-26-19(12-29(22)13-21(24)25-14)18-9-15-4-5-16(10-20(15)31-23(18)30)28-8-7-27-6-2-3-17(27)11-28/h2-10,12-13H,11H2,1H3. The number of nitrogens with zero attached hydrogens (tertiary/aromatic N) is 5. The van der Waals surface area contributed by atoms with Crippen molar-refractivity contribution in [3.8, 4) is 11.3 Å². The summed E-state index contributed by atoms with van der Waals surface area (Å²) in [6, 6.07) is 11.8. The third kappa shape index (κ3) is 2.93. The van der Waals surface area contributed by atoms with E-state index in [0.29, 0.717) is 33.3 Å². The van der Waals surface area contributed by atoms with Crippen LogP contribution in [0.1, 0.15) is 11.4 Å². The van der Waals surface area contributed by atoms with Crippen LogP contribution in [0.4, 0.5) is 5.69 Å². The molecule has 0 spiro atoms. The molecule has 0 atom stereocenters. The molecule has 152 valence electrons. The van der Waals surface area contributed by atoms with Gasteiger partial charge in [-0.1, -0.05) is 11.6 Å². The fourth-order valence-corrected chi connectivity index (χ4v) is 4.20. The molecule has 0 bridgehead atoms. The van der Waals surface area contributed by atoms with Gasteiger partial charge in [-0.3, -0.25) is 0 Å². The molecule has 0 unspecified atom stereocenters. The van der Waals surface area contributed by atoms with E-state index in [1.165, 1.54) is 5.69 Å². The molecule has 0 N–H and O–H groups in total. The van der Waals surface area contributed by atoms with Gasteiger partial charge in [-0.15, -0.1) is 0 Å². The second-order valence-corrected chi connectivity index (χ2v) is 7.90. The van der Waals surface area contributed by atoms with Crippen LogP contribution < -0.4 is 10.5 Å². The number of anilines is 1. The highest BCUT2D eigenvalue weighted by Crippen LogP contribution is 2.28. The zero-order valence-corrected chi connectivity index (χ0v) is 17.2. The fraction of sp³-hybridized carbons (Fsp3) is 0.0870. The molecule has 0 radical (unpaired) electrons. The molecule has 1 aliphatic rings. The van der Waals surface area contributed by atoms with Crippen LogP contribution in [0.2, 0.25) is 5.15 Å². The molecule has 0 saturated carbocycles. The van der Waals surface area contributed by atoms with Crippen molar-refractivity contribution in [3.05, 3.63) is 88.1 Å². The Kier molecular flexibility index (Phi) is 3.82. The van der Waals surface area contributed by atoms with Crippen molar-refractivity contribution in [2.24, 2.45) is 0 Å². The van der Waals surface area contributed by atoms with Crippen molar-refractivity contribution in [3.63, 3.8) is 0 Å². The number of aryl methyl sites for hydroxylation is 1. The van der Waals surface area contributed by atoms with Gasteiger partial charge in [0, 0.05) is 53.8 Å². The molecular formula is C23H16ClN5O2. The highest BCUT2D eigenvalue weighted by atomic mass is 35.5. The monoisotopic (exact) mass is 429 g/mol. The summed E-state index contributed by atoms with van der Waals surface area (Å²) < 4.78 is 9.54. The Bertz CT molecular complexity index is 1580. The molecule has 4 aromatic heterocycles. The van der Waals surface area contributed by atoms with Crippen molar-refractivity contribution >= 4 is 40.1 Å². The molecule has 0 aliphatic carbocycles. The lowest BCUT2D eigenvalue weighted by Crippen LogP contribution is -2.20. The molecule has 0 fully saturated rings. The van der Waals surface area contributed by atoms with E-state index in [1.54, 1.807) is 16.8 Å². The number of aromatic nitrogens is 4. The molecule has 31 heavy (non-hydrogen) atoms. The van der Waals surface area contributed by atoms with Gasteiger partial charge < -0.3 is 18.3 Å². The third-order valence-electron chi connectivity index (χ3n) is 5.51. The van der Waals surface area contributed by atoms with Crippen LogP contribution in [0.25, 0.3) is 34.1 Å². The summed E-state index contributed by atoms with van der Waals surface area (Å²) in [7, 11) is 0. The number of fused-ring (bicyclic) bond motifs is 3. The average molecular weight is 430 g/mol. The molecule has 5 aromatic rings. The number of benzene rings is 1. The number of hydrogen-bond acceptors (Lipinski definition) is 5. The van der Waals surface area contributed by atoms with Crippen molar-refractivity contribution in [2.75, 3.05) is 4.90 Å². The van der Waals surface area contributed by atoms with E-state index >= 15 is 0 Å². The largest absolute Gasteiger partial charge is 0.422 e. The van der Waals surface area contributed by atoms with Gasteiger partial charge in [-0.25, -0.2) is 14.8 Å². The zero-order valence-electron chi connectivity index (χ0n) is 16.5. The Morgan fingerprint density at radius 3 is 2.90 bits per heavy atom. The molecule has 0 amide bonds. The molecule has 0 saturated heterocycles. The summed E-state index contributed by atoms with van der Waals surface area (Å²) in [6.45, 7) is 2.57. The number of hydrogen-bond donors (Lipinski definition) is 0. The van der Waals surface area contributed by atoms with Crippen molar-refractivity contribution in [2.45, 2.75) is 13.5 Å². The van der Waals surface area contributed by atoms with E-state index in [0.717, 1.165) is 17.6 Å². The van der Waals surface area contributed by atoms with Crippen LogP contribution in [0.5, 0.6) is 0 Å². The lowest BCUT2D eigenvalue weighted by atomic mass is 10.1. The highest BCUT2D eigenvalue weighted by molar-refractivity contribution is 6.29. The zero-order chi connectivity index (χ0) is 21.1. The lowest BCUT2D eigenvalue weighted by Gasteiger charge is -2.24. The molecule has 8 heteroatoms. The van der Waals surface area contributed by atoms with Gasteiger partial charge >= 0.3 is 5.63 Å². The molecule has 5 heterocycles. The van der Waals surface area contributed by atoms with Gasteiger partial charge in [0.25, 0.3) is 0 Å². The van der Waals surface area contributed by atoms with Crippen LogP contribution in [0.15, 0.2) is 70.4 Å². The summed E-state index contributed by atoms with van der Waals surface area (Å²) in [6.07, 6.45) is 9.47. The molecule has 7 nitrogen and oxygen atoms in total. The summed E-state index contributed by atoms with van der Waals surface area (Å²) >= 11 is 6.04. The summed E-state index contributed by atoms with van der Waals surface area (Å²) in [5.74, 6) is 0. The van der Waals surface area contributed by atoms with E-state index in [-0.39, 0.29) is 0 Å². The first-order valence-electron chi connectivity index (χ1n) is 9.76. The minimum absolute atomic E-state index is 0.367. The number of imidazole rings is 1. The first-order valence-corrected chi connectivity index (χ1v) is 10.1. The molecule has 1 aliphatic heterocycles. The predicted octanol–water partition coefficient (Wildman–Crippen LogP) is 4.71. The quantitative estimate of drug-likeness (QED) is 0.380. The normalized spacial score (nSPS) is 13.3. The summed E-state index contributed by atoms with van der Waals surface area (Å²) in [5.41, 5.74) is 4.50. The second-order valence-electron chi connectivity index (χ2n) is 7.51. The number of rotatable bonds is 2. The Hall–Kier alpha value is -3.84. The van der Waals surface area contributed by atoms with Crippen molar-refractivity contribution < 1.29 is 4.42 Å². The Morgan fingerprint density at radius 1 is 1.10 bits per heavy atom. The van der Waals surface area contributed by atoms with Crippen molar-refractivity contribution in [1.82, 2.24) is 18.9 Å². The Labute approximate surface area is 181 Å². The van der Waals surface area contributed by atoms with Gasteiger partial charge in [-0.05, 0) is 37.3 Å². The van der Waals surface area contributed by atoms with Crippen LogP contribution in [-0.4, -0.2) is 18.9 Å². The van der Waals surface area contributed by atoms with Gasteiger partial charge in [0.05, 0.1) is 23.5 Å². The SMILES string of the molecule is Cc1nc(Cl)cn2cc(-c3cc4ccc(N5C=Cn6cccc6C5)cc4oc3=O)nc12. The smallest absolute Gasteiger partial charge is 0.345 e.